The van der Waals surface area contributed by atoms with E-state index >= 15 is 0 Å². The Morgan fingerprint density at radius 1 is 1.53 bits per heavy atom. The molecule has 0 aliphatic rings. The molecular weight excluding hydrogens is 268 g/mol. The van der Waals surface area contributed by atoms with E-state index in [-0.39, 0.29) is 5.91 Å². The fourth-order valence-corrected chi connectivity index (χ4v) is 1.63. The van der Waals surface area contributed by atoms with Gasteiger partial charge in [0.1, 0.15) is 12.1 Å². The number of amides is 1. The number of carbonyl (C=O) groups is 1. The SMILES string of the molecule is CCCNc1ncc(C(=O)Nc2ccon2)cc1Cl. The largest absolute Gasteiger partial charge is 0.369 e. The lowest BCUT2D eigenvalue weighted by atomic mass is 10.2. The van der Waals surface area contributed by atoms with E-state index in [1.54, 1.807) is 12.1 Å². The summed E-state index contributed by atoms with van der Waals surface area (Å²) in [5.41, 5.74) is 0.357. The number of hydrogen-bond acceptors (Lipinski definition) is 5. The zero-order valence-electron chi connectivity index (χ0n) is 10.3. The van der Waals surface area contributed by atoms with Crippen LogP contribution in [0.2, 0.25) is 5.02 Å². The van der Waals surface area contributed by atoms with E-state index in [4.69, 9.17) is 11.6 Å². The van der Waals surface area contributed by atoms with Gasteiger partial charge < -0.3 is 15.2 Å². The molecule has 0 unspecified atom stereocenters. The van der Waals surface area contributed by atoms with E-state index in [1.807, 2.05) is 6.92 Å². The summed E-state index contributed by atoms with van der Waals surface area (Å²) >= 11 is 6.05. The van der Waals surface area contributed by atoms with Gasteiger partial charge in [0, 0.05) is 18.8 Å². The van der Waals surface area contributed by atoms with Gasteiger partial charge in [0.05, 0.1) is 10.6 Å². The second-order valence-corrected chi connectivity index (χ2v) is 4.23. The number of aromatic nitrogens is 2. The number of pyridine rings is 1. The minimum Gasteiger partial charge on any atom is -0.369 e. The van der Waals surface area contributed by atoms with Crippen molar-refractivity contribution in [3.05, 3.63) is 35.2 Å². The van der Waals surface area contributed by atoms with Crippen LogP contribution in [0.15, 0.2) is 29.1 Å². The van der Waals surface area contributed by atoms with Gasteiger partial charge in [-0.3, -0.25) is 4.79 Å². The first-order valence-corrected chi connectivity index (χ1v) is 6.19. The maximum absolute atomic E-state index is 11.9. The molecule has 2 heterocycles. The molecule has 0 aromatic carbocycles. The predicted molar refractivity (Wildman–Crippen MR) is 72.5 cm³/mol. The molecule has 2 aromatic heterocycles. The van der Waals surface area contributed by atoms with Crippen LogP contribution in [0.25, 0.3) is 0 Å². The van der Waals surface area contributed by atoms with Gasteiger partial charge in [-0.05, 0) is 12.5 Å². The Morgan fingerprint density at radius 3 is 3.00 bits per heavy atom. The van der Waals surface area contributed by atoms with Gasteiger partial charge in [0.2, 0.25) is 0 Å². The highest BCUT2D eigenvalue weighted by atomic mass is 35.5. The van der Waals surface area contributed by atoms with E-state index in [0.717, 1.165) is 13.0 Å². The smallest absolute Gasteiger partial charge is 0.258 e. The topological polar surface area (TPSA) is 80.0 Å². The van der Waals surface area contributed by atoms with Crippen LogP contribution in [0, 0.1) is 0 Å². The fourth-order valence-electron chi connectivity index (χ4n) is 1.40. The van der Waals surface area contributed by atoms with E-state index < -0.39 is 0 Å². The van der Waals surface area contributed by atoms with Gasteiger partial charge in [-0.25, -0.2) is 4.98 Å². The number of nitrogens with one attached hydrogen (secondary N) is 2. The van der Waals surface area contributed by atoms with E-state index in [1.165, 1.54) is 12.5 Å². The predicted octanol–water partition coefficient (Wildman–Crippen LogP) is 2.80. The molecule has 2 rings (SSSR count). The van der Waals surface area contributed by atoms with Crippen molar-refractivity contribution < 1.29 is 9.32 Å². The summed E-state index contributed by atoms with van der Waals surface area (Å²) < 4.78 is 4.62. The normalized spacial score (nSPS) is 10.2. The number of nitrogens with zero attached hydrogens (tertiary/aromatic N) is 2. The third kappa shape index (κ3) is 3.45. The van der Waals surface area contributed by atoms with E-state index in [9.17, 15) is 4.79 Å². The van der Waals surface area contributed by atoms with Crippen LogP contribution in [0.3, 0.4) is 0 Å². The van der Waals surface area contributed by atoms with Crippen molar-refractivity contribution in [2.45, 2.75) is 13.3 Å². The zero-order chi connectivity index (χ0) is 13.7. The van der Waals surface area contributed by atoms with Gasteiger partial charge in [-0.1, -0.05) is 23.7 Å². The lowest BCUT2D eigenvalue weighted by molar-refractivity contribution is 0.102. The first-order chi connectivity index (χ1) is 9.20. The van der Waals surface area contributed by atoms with Crippen LogP contribution in [0.5, 0.6) is 0 Å². The van der Waals surface area contributed by atoms with Gasteiger partial charge in [0.25, 0.3) is 5.91 Å². The number of carbonyl (C=O) groups excluding carboxylic acids is 1. The monoisotopic (exact) mass is 280 g/mol. The van der Waals surface area contributed by atoms with Gasteiger partial charge in [-0.15, -0.1) is 0 Å². The average molecular weight is 281 g/mol. The molecular formula is C12H13ClN4O2. The summed E-state index contributed by atoms with van der Waals surface area (Å²) in [7, 11) is 0. The summed E-state index contributed by atoms with van der Waals surface area (Å²) in [6.07, 6.45) is 3.80. The standard InChI is InChI=1S/C12H13ClN4O2/c1-2-4-14-11-9(13)6-8(7-15-11)12(18)16-10-3-5-19-17-10/h3,5-7H,2,4H2,1H3,(H,14,15)(H,16,17,18). The Kier molecular flexibility index (Phi) is 4.35. The van der Waals surface area contributed by atoms with Gasteiger partial charge >= 0.3 is 0 Å². The Balaban J connectivity index is 2.08. The first kappa shape index (κ1) is 13.4. The van der Waals surface area contributed by atoms with Crippen LogP contribution < -0.4 is 10.6 Å². The molecule has 2 N–H and O–H groups in total. The van der Waals surface area contributed by atoms with Crippen LogP contribution in [-0.2, 0) is 0 Å². The highest BCUT2D eigenvalue weighted by Crippen LogP contribution is 2.20. The molecule has 2 aromatic rings. The van der Waals surface area contributed by atoms with Crippen molar-refractivity contribution in [2.24, 2.45) is 0 Å². The van der Waals surface area contributed by atoms with Crippen LogP contribution in [-0.4, -0.2) is 22.6 Å². The van der Waals surface area contributed by atoms with E-state index in [0.29, 0.717) is 22.2 Å². The average Bonchev–Trinajstić information content (AvgIpc) is 2.90. The number of rotatable bonds is 5. The lowest BCUT2D eigenvalue weighted by Gasteiger charge is -2.07. The summed E-state index contributed by atoms with van der Waals surface area (Å²) in [5, 5.41) is 9.63. The van der Waals surface area contributed by atoms with Crippen molar-refractivity contribution in [1.29, 1.82) is 0 Å². The third-order valence-corrected chi connectivity index (χ3v) is 2.61. The van der Waals surface area contributed by atoms with E-state index in [2.05, 4.69) is 25.3 Å². The minimum atomic E-state index is -0.342. The third-order valence-electron chi connectivity index (χ3n) is 2.33. The van der Waals surface area contributed by atoms with Gasteiger partial charge in [-0.2, -0.15) is 0 Å². The molecule has 0 aliphatic carbocycles. The molecule has 19 heavy (non-hydrogen) atoms. The summed E-state index contributed by atoms with van der Waals surface area (Å²) in [4.78, 5) is 16.0. The summed E-state index contributed by atoms with van der Waals surface area (Å²) in [5.74, 6) is 0.571. The maximum atomic E-state index is 11.9. The molecule has 100 valence electrons. The van der Waals surface area contributed by atoms with Crippen molar-refractivity contribution in [3.63, 3.8) is 0 Å². The molecule has 0 saturated heterocycles. The minimum absolute atomic E-state index is 0.342. The Hall–Kier alpha value is -2.08. The maximum Gasteiger partial charge on any atom is 0.258 e. The molecule has 0 bridgehead atoms. The quantitative estimate of drug-likeness (QED) is 0.880. The fraction of sp³-hybridized carbons (Fsp3) is 0.250. The molecule has 0 atom stereocenters. The van der Waals surface area contributed by atoms with Gasteiger partial charge in [0.15, 0.2) is 5.82 Å². The Morgan fingerprint density at radius 2 is 2.37 bits per heavy atom. The van der Waals surface area contributed by atoms with Crippen molar-refractivity contribution >= 4 is 29.1 Å². The molecule has 7 heteroatoms. The lowest BCUT2D eigenvalue weighted by Crippen LogP contribution is -2.13. The highest BCUT2D eigenvalue weighted by molar-refractivity contribution is 6.33. The second kappa shape index (κ2) is 6.19. The number of anilines is 2. The highest BCUT2D eigenvalue weighted by Gasteiger charge is 2.11. The van der Waals surface area contributed by atoms with Crippen molar-refractivity contribution in [1.82, 2.24) is 10.1 Å². The van der Waals surface area contributed by atoms with Crippen molar-refractivity contribution in [2.75, 3.05) is 17.2 Å². The zero-order valence-corrected chi connectivity index (χ0v) is 11.1. The summed E-state index contributed by atoms with van der Waals surface area (Å²) in [6.45, 7) is 2.82. The first-order valence-electron chi connectivity index (χ1n) is 5.82. The second-order valence-electron chi connectivity index (χ2n) is 3.82. The molecule has 0 radical (unpaired) electrons. The van der Waals surface area contributed by atoms with Crippen LogP contribution in [0.1, 0.15) is 23.7 Å². The molecule has 0 spiro atoms. The summed E-state index contributed by atoms with van der Waals surface area (Å²) in [6, 6.07) is 3.10. The molecule has 0 aliphatic heterocycles. The number of hydrogen-bond donors (Lipinski definition) is 2. The van der Waals surface area contributed by atoms with Crippen LogP contribution >= 0.6 is 11.6 Å². The Labute approximate surface area is 115 Å². The molecule has 0 saturated carbocycles. The Bertz CT molecular complexity index is 557. The number of halogens is 1. The molecule has 6 nitrogen and oxygen atoms in total. The molecule has 1 amide bonds. The molecule has 0 fully saturated rings. The van der Waals surface area contributed by atoms with Crippen molar-refractivity contribution in [3.8, 4) is 0 Å². The van der Waals surface area contributed by atoms with Crippen LogP contribution in [0.4, 0.5) is 11.6 Å².